The van der Waals surface area contributed by atoms with Crippen LogP contribution in [0, 0.1) is 29.6 Å². The van der Waals surface area contributed by atoms with Gasteiger partial charge in [0.1, 0.15) is 5.82 Å². The number of nitrogens with zero attached hydrogens (tertiary/aromatic N) is 2. The molecule has 31 heavy (non-hydrogen) atoms. The van der Waals surface area contributed by atoms with Gasteiger partial charge in [0.2, 0.25) is 0 Å². The lowest BCUT2D eigenvalue weighted by molar-refractivity contribution is -0.140. The Bertz CT molecular complexity index is 861. The average molecular weight is 444 g/mol. The molecule has 5 aliphatic rings. The van der Waals surface area contributed by atoms with Gasteiger partial charge in [-0.1, -0.05) is 13.3 Å². The molecule has 1 amide bonds. The number of carboxylic acid groups (broad SMARTS) is 1. The monoisotopic (exact) mass is 443 g/mol. The predicted octanol–water partition coefficient (Wildman–Crippen LogP) is 3.79. The lowest BCUT2D eigenvalue weighted by Crippen LogP contribution is -2.55. The summed E-state index contributed by atoms with van der Waals surface area (Å²) >= 11 is 4.65. The summed E-state index contributed by atoms with van der Waals surface area (Å²) in [6.45, 7) is 3.19. The number of carbonyl (C=O) groups is 2. The van der Waals surface area contributed by atoms with Crippen LogP contribution < -0.4 is 10.2 Å². The van der Waals surface area contributed by atoms with Gasteiger partial charge in [-0.2, -0.15) is 0 Å². The topological polar surface area (TPSA) is 82.5 Å². The second kappa shape index (κ2) is 8.30. The van der Waals surface area contributed by atoms with Crippen molar-refractivity contribution in [3.63, 3.8) is 0 Å². The number of nitrogens with one attached hydrogen (secondary N) is 1. The number of carbonyl (C=O) groups excluding carboxylic acids is 1. The second-order valence-corrected chi connectivity index (χ2v) is 10.8. The van der Waals surface area contributed by atoms with Crippen molar-refractivity contribution in [3.8, 4) is 0 Å². The second-order valence-electron chi connectivity index (χ2n) is 10.3. The van der Waals surface area contributed by atoms with Crippen LogP contribution in [0.3, 0.4) is 0 Å². The number of thiol groups is 1. The highest BCUT2D eigenvalue weighted by Crippen LogP contribution is 2.53. The summed E-state index contributed by atoms with van der Waals surface area (Å²) in [5.74, 6) is 2.59. The minimum atomic E-state index is -0.760. The summed E-state index contributed by atoms with van der Waals surface area (Å²) < 4.78 is 0. The van der Waals surface area contributed by atoms with Crippen molar-refractivity contribution >= 4 is 30.3 Å². The fraction of sp³-hybridized carbons (Fsp3) is 0.708. The highest BCUT2D eigenvalue weighted by Gasteiger charge is 2.48. The summed E-state index contributed by atoms with van der Waals surface area (Å²) in [4.78, 5) is 32.2. The van der Waals surface area contributed by atoms with Crippen LogP contribution in [0.2, 0.25) is 0 Å². The first-order valence-corrected chi connectivity index (χ1v) is 12.4. The van der Waals surface area contributed by atoms with Gasteiger partial charge in [0.05, 0.1) is 17.2 Å². The number of carboxylic acids is 1. The number of aryl methyl sites for hydroxylation is 1. The van der Waals surface area contributed by atoms with Crippen LogP contribution in [-0.4, -0.2) is 41.1 Å². The molecule has 2 heterocycles. The van der Waals surface area contributed by atoms with Crippen LogP contribution in [0.25, 0.3) is 0 Å². The summed E-state index contributed by atoms with van der Waals surface area (Å²) in [7, 11) is 0. The van der Waals surface area contributed by atoms with Gasteiger partial charge >= 0.3 is 5.97 Å². The van der Waals surface area contributed by atoms with Gasteiger partial charge in [-0.15, -0.1) is 12.6 Å². The molecule has 0 spiro atoms. The van der Waals surface area contributed by atoms with Gasteiger partial charge in [0.15, 0.2) is 0 Å². The van der Waals surface area contributed by atoms with E-state index in [2.05, 4.69) is 24.9 Å². The lowest BCUT2D eigenvalue weighted by atomic mass is 9.54. The number of rotatable bonds is 6. The first kappa shape index (κ1) is 21.1. The van der Waals surface area contributed by atoms with Crippen molar-refractivity contribution in [2.45, 2.75) is 69.2 Å². The summed E-state index contributed by atoms with van der Waals surface area (Å²) in [6.07, 6.45) is 8.73. The third-order valence-corrected chi connectivity index (χ3v) is 8.48. The zero-order valence-electron chi connectivity index (χ0n) is 18.2. The molecule has 4 bridgehead atoms. The van der Waals surface area contributed by atoms with Crippen LogP contribution in [0.15, 0.2) is 11.0 Å². The maximum absolute atomic E-state index is 13.4. The van der Waals surface area contributed by atoms with Crippen molar-refractivity contribution in [1.29, 1.82) is 0 Å². The Balaban J connectivity index is 1.36. The number of anilines is 1. The van der Waals surface area contributed by atoms with Crippen molar-refractivity contribution in [2.75, 3.05) is 18.0 Å². The van der Waals surface area contributed by atoms with Gasteiger partial charge in [-0.05, 0) is 74.7 Å². The van der Waals surface area contributed by atoms with E-state index in [4.69, 9.17) is 4.98 Å². The fourth-order valence-corrected chi connectivity index (χ4v) is 7.25. The van der Waals surface area contributed by atoms with Gasteiger partial charge in [-0.3, -0.25) is 9.59 Å². The Hall–Kier alpha value is -1.76. The highest BCUT2D eigenvalue weighted by atomic mass is 32.1. The fourth-order valence-electron chi connectivity index (χ4n) is 6.93. The number of aromatic nitrogens is 1. The molecule has 0 unspecified atom stereocenters. The third kappa shape index (κ3) is 3.94. The molecule has 2 N–H and O–H groups in total. The largest absolute Gasteiger partial charge is 0.481 e. The van der Waals surface area contributed by atoms with E-state index in [0.29, 0.717) is 53.7 Å². The first-order valence-electron chi connectivity index (χ1n) is 11.9. The molecule has 0 radical (unpaired) electrons. The zero-order chi connectivity index (χ0) is 21.7. The minimum Gasteiger partial charge on any atom is -0.481 e. The average Bonchev–Trinajstić information content (AvgIpc) is 3.21. The third-order valence-electron chi connectivity index (χ3n) is 8.15. The summed E-state index contributed by atoms with van der Waals surface area (Å²) in [5.41, 5.74) is 1.44. The van der Waals surface area contributed by atoms with Crippen molar-refractivity contribution in [1.82, 2.24) is 10.3 Å². The minimum absolute atomic E-state index is 0.0138. The molecule has 1 aromatic rings. The first-order chi connectivity index (χ1) is 14.9. The van der Waals surface area contributed by atoms with E-state index in [9.17, 15) is 14.7 Å². The van der Waals surface area contributed by atoms with Crippen LogP contribution in [-0.2, 0) is 11.2 Å². The highest BCUT2D eigenvalue weighted by molar-refractivity contribution is 7.80. The zero-order valence-corrected chi connectivity index (χ0v) is 19.1. The molecule has 1 saturated heterocycles. The molecule has 1 atom stereocenters. The SMILES string of the molecule is CCCc1nc(N2CC[C@H](C(=O)O)C2)c(S)cc1C(=O)NC1C2CC3CC(C2)CC1C3. The van der Waals surface area contributed by atoms with Gasteiger partial charge < -0.3 is 15.3 Å². The molecular formula is C24H33N3O3S. The number of amides is 1. The van der Waals surface area contributed by atoms with Crippen LogP contribution in [0.1, 0.15) is 67.9 Å². The molecule has 1 aliphatic heterocycles. The van der Waals surface area contributed by atoms with E-state index < -0.39 is 5.97 Å². The number of aliphatic carboxylic acids is 1. The van der Waals surface area contributed by atoms with Gasteiger partial charge in [0.25, 0.3) is 5.91 Å². The Labute approximate surface area is 189 Å². The molecule has 5 fully saturated rings. The van der Waals surface area contributed by atoms with Crippen molar-refractivity contribution in [2.24, 2.45) is 29.6 Å². The van der Waals surface area contributed by atoms with Gasteiger partial charge in [0, 0.05) is 24.0 Å². The van der Waals surface area contributed by atoms with Crippen molar-refractivity contribution < 1.29 is 14.7 Å². The molecule has 6 rings (SSSR count). The van der Waals surface area contributed by atoms with Crippen LogP contribution >= 0.6 is 12.6 Å². The molecular weight excluding hydrogens is 410 g/mol. The number of pyridine rings is 1. The molecule has 6 nitrogen and oxygen atoms in total. The van der Waals surface area contributed by atoms with Crippen LogP contribution in [0.5, 0.6) is 0 Å². The van der Waals surface area contributed by atoms with Gasteiger partial charge in [-0.25, -0.2) is 4.98 Å². The molecule has 7 heteroatoms. The van der Waals surface area contributed by atoms with E-state index in [-0.39, 0.29) is 11.8 Å². The van der Waals surface area contributed by atoms with E-state index in [1.165, 1.54) is 32.1 Å². The Kier molecular flexibility index (Phi) is 5.65. The standard InChI is InChI=1S/C24H33N3O3S/c1-2-3-19-18(11-20(31)22(25-19)27-5-4-15(12-27)24(29)30)23(28)26-21-16-7-13-6-14(9-16)10-17(21)8-13/h11,13-17,21,31H,2-10,12H2,1H3,(H,26,28)(H,29,30)/t13?,14?,15-,16?,17?,21?/m0/s1. The Morgan fingerprint density at radius 3 is 2.45 bits per heavy atom. The maximum atomic E-state index is 13.4. The Morgan fingerprint density at radius 1 is 1.19 bits per heavy atom. The molecule has 168 valence electrons. The summed E-state index contributed by atoms with van der Waals surface area (Å²) in [5, 5.41) is 12.7. The molecule has 4 aliphatic carbocycles. The lowest BCUT2D eigenvalue weighted by Gasteiger charge is -2.54. The maximum Gasteiger partial charge on any atom is 0.308 e. The van der Waals surface area contributed by atoms with E-state index in [0.717, 1.165) is 30.4 Å². The van der Waals surface area contributed by atoms with Crippen LogP contribution in [0.4, 0.5) is 5.82 Å². The predicted molar refractivity (Wildman–Crippen MR) is 122 cm³/mol. The van der Waals surface area contributed by atoms with E-state index in [1.807, 2.05) is 11.0 Å². The quantitative estimate of drug-likeness (QED) is 0.583. The molecule has 1 aromatic heterocycles. The normalized spacial score (nSPS) is 33.7. The smallest absolute Gasteiger partial charge is 0.308 e. The molecule has 4 saturated carbocycles. The number of hydrogen-bond acceptors (Lipinski definition) is 5. The Morgan fingerprint density at radius 2 is 1.87 bits per heavy atom. The van der Waals surface area contributed by atoms with E-state index in [1.54, 1.807) is 0 Å². The summed E-state index contributed by atoms with van der Waals surface area (Å²) in [6, 6.07) is 2.16. The molecule has 0 aromatic carbocycles. The van der Waals surface area contributed by atoms with Crippen molar-refractivity contribution in [3.05, 3.63) is 17.3 Å². The van der Waals surface area contributed by atoms with E-state index >= 15 is 0 Å². The number of hydrogen-bond donors (Lipinski definition) is 3.